The van der Waals surface area contributed by atoms with Crippen LogP contribution in [0.2, 0.25) is 0 Å². The maximum absolute atomic E-state index is 12.9. The van der Waals surface area contributed by atoms with Crippen LogP contribution in [0.5, 0.6) is 11.5 Å². The van der Waals surface area contributed by atoms with E-state index in [1.807, 2.05) is 42.5 Å². The van der Waals surface area contributed by atoms with E-state index in [1.165, 1.54) is 11.8 Å². The van der Waals surface area contributed by atoms with Gasteiger partial charge in [-0.05, 0) is 35.9 Å². The summed E-state index contributed by atoms with van der Waals surface area (Å²) in [5, 5.41) is 3.50. The number of carbonyl (C=O) groups is 1. The Bertz CT molecular complexity index is 1160. The quantitative estimate of drug-likeness (QED) is 0.404. The number of benzene rings is 3. The van der Waals surface area contributed by atoms with Crippen LogP contribution in [0.3, 0.4) is 0 Å². The third kappa shape index (κ3) is 4.26. The first-order chi connectivity index (χ1) is 14.7. The number of anilines is 1. The highest BCUT2D eigenvalue weighted by atomic mass is 32.2. The number of aromatic nitrogens is 1. The molecule has 4 rings (SSSR count). The summed E-state index contributed by atoms with van der Waals surface area (Å²) < 4.78 is 16.3. The van der Waals surface area contributed by atoms with E-state index in [9.17, 15) is 4.79 Å². The fraction of sp³-hybridized carbons (Fsp3) is 0.130. The van der Waals surface area contributed by atoms with E-state index in [0.717, 1.165) is 16.7 Å². The van der Waals surface area contributed by atoms with Gasteiger partial charge in [0.15, 0.2) is 17.1 Å². The van der Waals surface area contributed by atoms with Crippen LogP contribution in [0.4, 0.5) is 5.69 Å². The zero-order valence-electron chi connectivity index (χ0n) is 16.5. The molecule has 3 aromatic carbocycles. The summed E-state index contributed by atoms with van der Waals surface area (Å²) >= 11 is 1.45. The Morgan fingerprint density at radius 1 is 1.00 bits per heavy atom. The van der Waals surface area contributed by atoms with Gasteiger partial charge < -0.3 is 19.2 Å². The molecule has 0 radical (unpaired) electrons. The molecule has 0 aliphatic rings. The molecule has 0 aliphatic carbocycles. The lowest BCUT2D eigenvalue weighted by molar-refractivity contribution is 0.102. The second-order valence-corrected chi connectivity index (χ2v) is 7.34. The second-order valence-electron chi connectivity index (χ2n) is 6.42. The summed E-state index contributed by atoms with van der Waals surface area (Å²) in [6.07, 6.45) is 0. The molecule has 0 aliphatic heterocycles. The van der Waals surface area contributed by atoms with Crippen molar-refractivity contribution in [3.8, 4) is 11.5 Å². The van der Waals surface area contributed by atoms with Gasteiger partial charge in [-0.15, -0.1) is 0 Å². The van der Waals surface area contributed by atoms with E-state index in [-0.39, 0.29) is 5.91 Å². The number of oxazole rings is 1. The van der Waals surface area contributed by atoms with Crippen molar-refractivity contribution < 1.29 is 18.7 Å². The zero-order valence-corrected chi connectivity index (χ0v) is 17.4. The van der Waals surface area contributed by atoms with Gasteiger partial charge in [0.25, 0.3) is 11.1 Å². The van der Waals surface area contributed by atoms with E-state index in [2.05, 4.69) is 10.3 Å². The number of rotatable bonds is 7. The lowest BCUT2D eigenvalue weighted by Crippen LogP contribution is -2.14. The van der Waals surface area contributed by atoms with Crippen LogP contribution in [0.15, 0.2) is 76.4 Å². The highest BCUT2D eigenvalue weighted by Gasteiger charge is 2.14. The average molecular weight is 420 g/mol. The number of fused-ring (bicyclic) bond motifs is 1. The fourth-order valence-corrected chi connectivity index (χ4v) is 3.87. The number of methoxy groups -OCH3 is 2. The number of nitrogens with one attached hydrogen (secondary N) is 1. The molecular weight excluding hydrogens is 400 g/mol. The van der Waals surface area contributed by atoms with Gasteiger partial charge in [0.2, 0.25) is 0 Å². The fourth-order valence-electron chi connectivity index (χ4n) is 3.03. The number of hydrogen-bond donors (Lipinski definition) is 1. The molecule has 1 amide bonds. The van der Waals surface area contributed by atoms with E-state index in [1.54, 1.807) is 38.5 Å². The van der Waals surface area contributed by atoms with Gasteiger partial charge in [0, 0.05) is 23.1 Å². The molecule has 1 aromatic heterocycles. The molecular formula is C23H20N2O4S. The zero-order chi connectivity index (χ0) is 20.9. The van der Waals surface area contributed by atoms with Gasteiger partial charge in [-0.2, -0.15) is 0 Å². The van der Waals surface area contributed by atoms with Crippen molar-refractivity contribution in [3.63, 3.8) is 0 Å². The average Bonchev–Trinajstić information content (AvgIpc) is 3.20. The Balaban J connectivity index is 1.50. The molecule has 1 heterocycles. The third-order valence-electron chi connectivity index (χ3n) is 4.53. The highest BCUT2D eigenvalue weighted by Crippen LogP contribution is 2.31. The van der Waals surface area contributed by atoms with Gasteiger partial charge in [0.1, 0.15) is 5.52 Å². The lowest BCUT2D eigenvalue weighted by atomic mass is 10.1. The molecule has 152 valence electrons. The summed E-state index contributed by atoms with van der Waals surface area (Å²) in [4.78, 5) is 17.4. The number of thioether (sulfide) groups is 1. The minimum Gasteiger partial charge on any atom is -0.493 e. The molecule has 0 spiro atoms. The SMILES string of the molecule is COc1ccc(NC(=O)c2ccccc2CSc2nc3ccccc3o2)cc1OC. The van der Waals surface area contributed by atoms with Gasteiger partial charge in [0.05, 0.1) is 14.2 Å². The van der Waals surface area contributed by atoms with Crippen molar-refractivity contribution in [2.45, 2.75) is 11.0 Å². The van der Waals surface area contributed by atoms with Crippen LogP contribution in [0, 0.1) is 0 Å². The summed E-state index contributed by atoms with van der Waals surface area (Å²) in [6, 6.07) is 20.4. The molecule has 0 unspecified atom stereocenters. The minimum absolute atomic E-state index is 0.198. The Labute approximate surface area is 178 Å². The standard InChI is InChI=1S/C23H20N2O4S/c1-27-20-12-11-16(13-21(20)28-2)24-22(26)17-8-4-3-7-15(17)14-30-23-25-18-9-5-6-10-19(18)29-23/h3-13H,14H2,1-2H3,(H,24,26). The predicted octanol–water partition coefficient (Wildman–Crippen LogP) is 5.39. The van der Waals surface area contributed by atoms with E-state index < -0.39 is 0 Å². The van der Waals surface area contributed by atoms with Crippen molar-refractivity contribution in [1.82, 2.24) is 4.98 Å². The normalized spacial score (nSPS) is 10.7. The van der Waals surface area contributed by atoms with E-state index in [0.29, 0.717) is 33.7 Å². The number of amides is 1. The molecule has 0 atom stereocenters. The Kier molecular flexibility index (Phi) is 5.90. The smallest absolute Gasteiger partial charge is 0.257 e. The van der Waals surface area contributed by atoms with Crippen LogP contribution >= 0.6 is 11.8 Å². The second kappa shape index (κ2) is 8.92. The van der Waals surface area contributed by atoms with Crippen molar-refractivity contribution in [1.29, 1.82) is 0 Å². The van der Waals surface area contributed by atoms with Crippen LogP contribution < -0.4 is 14.8 Å². The number of nitrogens with zero attached hydrogens (tertiary/aromatic N) is 1. The van der Waals surface area contributed by atoms with Gasteiger partial charge in [-0.3, -0.25) is 4.79 Å². The highest BCUT2D eigenvalue weighted by molar-refractivity contribution is 7.98. The Hall–Kier alpha value is -3.45. The maximum atomic E-state index is 12.9. The summed E-state index contributed by atoms with van der Waals surface area (Å²) in [6.45, 7) is 0. The van der Waals surface area contributed by atoms with Crippen LogP contribution in [0.1, 0.15) is 15.9 Å². The molecule has 7 heteroatoms. The molecule has 0 saturated carbocycles. The summed E-state index contributed by atoms with van der Waals surface area (Å²) in [5.74, 6) is 1.51. The monoisotopic (exact) mass is 420 g/mol. The Morgan fingerprint density at radius 2 is 1.77 bits per heavy atom. The van der Waals surface area contributed by atoms with Crippen LogP contribution in [0.25, 0.3) is 11.1 Å². The first-order valence-electron chi connectivity index (χ1n) is 9.27. The van der Waals surface area contributed by atoms with E-state index >= 15 is 0 Å². The number of para-hydroxylation sites is 2. The third-order valence-corrected chi connectivity index (χ3v) is 5.41. The molecule has 0 saturated heterocycles. The topological polar surface area (TPSA) is 73.6 Å². The van der Waals surface area contributed by atoms with Crippen LogP contribution in [-0.4, -0.2) is 25.1 Å². The molecule has 0 bridgehead atoms. The number of hydrogen-bond acceptors (Lipinski definition) is 6. The first kappa shape index (κ1) is 19.8. The predicted molar refractivity (Wildman–Crippen MR) is 118 cm³/mol. The largest absolute Gasteiger partial charge is 0.493 e. The number of ether oxygens (including phenoxy) is 2. The molecule has 0 fully saturated rings. The van der Waals surface area contributed by atoms with Gasteiger partial charge >= 0.3 is 0 Å². The molecule has 4 aromatic rings. The van der Waals surface area contributed by atoms with Crippen LogP contribution in [-0.2, 0) is 5.75 Å². The lowest BCUT2D eigenvalue weighted by Gasteiger charge is -2.12. The molecule has 30 heavy (non-hydrogen) atoms. The van der Waals surface area contributed by atoms with Crippen molar-refractivity contribution in [2.75, 3.05) is 19.5 Å². The van der Waals surface area contributed by atoms with Gasteiger partial charge in [-0.25, -0.2) is 4.98 Å². The first-order valence-corrected chi connectivity index (χ1v) is 10.3. The van der Waals surface area contributed by atoms with Gasteiger partial charge in [-0.1, -0.05) is 42.1 Å². The van der Waals surface area contributed by atoms with E-state index in [4.69, 9.17) is 13.9 Å². The number of carbonyl (C=O) groups excluding carboxylic acids is 1. The van der Waals surface area contributed by atoms with Crippen molar-refractivity contribution in [2.24, 2.45) is 0 Å². The summed E-state index contributed by atoms with van der Waals surface area (Å²) in [5.41, 5.74) is 3.68. The Morgan fingerprint density at radius 3 is 2.57 bits per heavy atom. The molecule has 1 N–H and O–H groups in total. The minimum atomic E-state index is -0.198. The van der Waals surface area contributed by atoms with Crippen molar-refractivity contribution in [3.05, 3.63) is 77.9 Å². The molecule has 6 nitrogen and oxygen atoms in total. The maximum Gasteiger partial charge on any atom is 0.257 e. The summed E-state index contributed by atoms with van der Waals surface area (Å²) in [7, 11) is 3.13. The van der Waals surface area contributed by atoms with Crippen molar-refractivity contribution >= 4 is 34.5 Å².